The monoisotopic (exact) mass is 276 g/mol. The highest BCUT2D eigenvalue weighted by molar-refractivity contribution is 5.82. The van der Waals surface area contributed by atoms with Crippen LogP contribution in [0.2, 0.25) is 0 Å². The molecule has 1 unspecified atom stereocenters. The largest absolute Gasteiger partial charge is 0.381 e. The Morgan fingerprint density at radius 2 is 2.20 bits per heavy atom. The highest BCUT2D eigenvalue weighted by Crippen LogP contribution is 2.17. The zero-order valence-electron chi connectivity index (χ0n) is 12.1. The van der Waals surface area contributed by atoms with Crippen LogP contribution in [0.15, 0.2) is 30.3 Å². The summed E-state index contributed by atoms with van der Waals surface area (Å²) in [7, 11) is 0. The zero-order chi connectivity index (χ0) is 14.4. The summed E-state index contributed by atoms with van der Waals surface area (Å²) < 4.78 is 5.43. The van der Waals surface area contributed by atoms with Crippen LogP contribution < -0.4 is 5.73 Å². The van der Waals surface area contributed by atoms with Crippen LogP contribution >= 0.6 is 0 Å². The Labute approximate surface area is 120 Å². The van der Waals surface area contributed by atoms with Gasteiger partial charge in [-0.25, -0.2) is 0 Å². The maximum absolute atomic E-state index is 12.3. The lowest BCUT2D eigenvalue weighted by molar-refractivity contribution is -0.131. The normalized spacial score (nSPS) is 20.1. The van der Waals surface area contributed by atoms with Crippen molar-refractivity contribution in [2.75, 3.05) is 26.3 Å². The van der Waals surface area contributed by atoms with Gasteiger partial charge in [-0.2, -0.15) is 0 Å². The van der Waals surface area contributed by atoms with Crippen LogP contribution in [0.25, 0.3) is 0 Å². The number of nitrogens with two attached hydrogens (primary N) is 1. The Hall–Kier alpha value is -1.39. The van der Waals surface area contributed by atoms with Gasteiger partial charge in [0.15, 0.2) is 0 Å². The predicted octanol–water partition coefficient (Wildman–Crippen LogP) is 1.44. The minimum Gasteiger partial charge on any atom is -0.381 e. The summed E-state index contributed by atoms with van der Waals surface area (Å²) in [4.78, 5) is 14.2. The molecule has 4 nitrogen and oxygen atoms in total. The molecular weight excluding hydrogens is 252 g/mol. The van der Waals surface area contributed by atoms with Crippen molar-refractivity contribution in [3.63, 3.8) is 0 Å². The number of carbonyl (C=O) groups is 1. The second kappa shape index (κ2) is 7.41. The summed E-state index contributed by atoms with van der Waals surface area (Å²) in [5.74, 6) is 0.524. The molecule has 0 aromatic heterocycles. The Morgan fingerprint density at radius 1 is 1.45 bits per heavy atom. The smallest absolute Gasteiger partial charge is 0.239 e. The minimum atomic E-state index is -0.441. The van der Waals surface area contributed by atoms with E-state index in [9.17, 15) is 4.79 Å². The second-order valence-electron chi connectivity index (χ2n) is 5.39. The van der Waals surface area contributed by atoms with E-state index in [1.165, 1.54) is 0 Å². The average molecular weight is 276 g/mol. The molecule has 2 N–H and O–H groups in total. The fourth-order valence-corrected chi connectivity index (χ4v) is 2.64. The van der Waals surface area contributed by atoms with Gasteiger partial charge >= 0.3 is 0 Å². The molecule has 0 spiro atoms. The maximum atomic E-state index is 12.3. The van der Waals surface area contributed by atoms with Crippen LogP contribution in [0.4, 0.5) is 0 Å². The Morgan fingerprint density at radius 3 is 2.90 bits per heavy atom. The molecule has 1 heterocycles. The lowest BCUT2D eigenvalue weighted by Gasteiger charge is -2.21. The van der Waals surface area contributed by atoms with E-state index < -0.39 is 6.04 Å². The third-order valence-electron chi connectivity index (χ3n) is 3.77. The van der Waals surface area contributed by atoms with Crippen LogP contribution in [0, 0.1) is 5.92 Å². The first-order valence-corrected chi connectivity index (χ1v) is 7.36. The van der Waals surface area contributed by atoms with Gasteiger partial charge in [-0.1, -0.05) is 30.3 Å². The third kappa shape index (κ3) is 4.05. The standard InChI is InChI=1S/C16H24N2O2/c1-2-20-12-14-8-9-18(11-14)16(19)15(17)10-13-6-4-3-5-7-13/h3-7,14-15H,2,8-12,17H2,1H3/t14?,15-/m0/s1. The molecule has 1 aliphatic heterocycles. The van der Waals surface area contributed by atoms with Gasteiger partial charge in [0.05, 0.1) is 12.6 Å². The van der Waals surface area contributed by atoms with E-state index >= 15 is 0 Å². The Kier molecular flexibility index (Phi) is 5.56. The van der Waals surface area contributed by atoms with Gasteiger partial charge in [0, 0.05) is 25.6 Å². The number of likely N-dealkylation sites (tertiary alicyclic amines) is 1. The molecule has 1 saturated heterocycles. The Bertz CT molecular complexity index is 422. The quantitative estimate of drug-likeness (QED) is 0.855. The van der Waals surface area contributed by atoms with Gasteiger partial charge in [-0.3, -0.25) is 4.79 Å². The summed E-state index contributed by atoms with van der Waals surface area (Å²) in [6, 6.07) is 9.49. The summed E-state index contributed by atoms with van der Waals surface area (Å²) >= 11 is 0. The molecule has 4 heteroatoms. The average Bonchev–Trinajstić information content (AvgIpc) is 2.94. The van der Waals surface area contributed by atoms with Crippen molar-refractivity contribution >= 4 is 5.91 Å². The molecule has 1 aromatic carbocycles. The molecule has 0 saturated carbocycles. The van der Waals surface area contributed by atoms with Crippen LogP contribution in [0.3, 0.4) is 0 Å². The number of benzene rings is 1. The third-order valence-corrected chi connectivity index (χ3v) is 3.77. The maximum Gasteiger partial charge on any atom is 0.239 e. The van der Waals surface area contributed by atoms with Crippen molar-refractivity contribution in [3.05, 3.63) is 35.9 Å². The number of nitrogens with zero attached hydrogens (tertiary/aromatic N) is 1. The van der Waals surface area contributed by atoms with E-state index in [1.54, 1.807) is 0 Å². The van der Waals surface area contributed by atoms with Gasteiger partial charge in [0.2, 0.25) is 5.91 Å². The van der Waals surface area contributed by atoms with Crippen molar-refractivity contribution in [1.29, 1.82) is 0 Å². The van der Waals surface area contributed by atoms with E-state index in [0.29, 0.717) is 12.3 Å². The van der Waals surface area contributed by atoms with E-state index in [-0.39, 0.29) is 5.91 Å². The molecule has 1 aromatic rings. The molecule has 0 bridgehead atoms. The highest BCUT2D eigenvalue weighted by atomic mass is 16.5. The van der Waals surface area contributed by atoms with Crippen molar-refractivity contribution in [2.45, 2.75) is 25.8 Å². The highest BCUT2D eigenvalue weighted by Gasteiger charge is 2.29. The van der Waals surface area contributed by atoms with Gasteiger partial charge in [0.1, 0.15) is 0 Å². The van der Waals surface area contributed by atoms with Gasteiger partial charge in [-0.15, -0.1) is 0 Å². The first-order chi connectivity index (χ1) is 9.70. The van der Waals surface area contributed by atoms with Crippen LogP contribution in [-0.4, -0.2) is 43.2 Å². The van der Waals surface area contributed by atoms with Crippen LogP contribution in [-0.2, 0) is 16.0 Å². The van der Waals surface area contributed by atoms with Crippen molar-refractivity contribution in [1.82, 2.24) is 4.90 Å². The number of hydrogen-bond acceptors (Lipinski definition) is 3. The molecule has 0 radical (unpaired) electrons. The van der Waals surface area contributed by atoms with Crippen LogP contribution in [0.1, 0.15) is 18.9 Å². The molecule has 0 aliphatic carbocycles. The molecule has 2 rings (SSSR count). The zero-order valence-corrected chi connectivity index (χ0v) is 12.1. The summed E-state index contributed by atoms with van der Waals surface area (Å²) in [6.07, 6.45) is 1.62. The number of amides is 1. The first-order valence-electron chi connectivity index (χ1n) is 7.36. The van der Waals surface area contributed by atoms with E-state index in [1.807, 2.05) is 42.2 Å². The van der Waals surface area contributed by atoms with Gasteiger partial charge in [0.25, 0.3) is 0 Å². The van der Waals surface area contributed by atoms with Crippen LogP contribution in [0.5, 0.6) is 0 Å². The minimum absolute atomic E-state index is 0.0628. The summed E-state index contributed by atoms with van der Waals surface area (Å²) in [6.45, 7) is 5.06. The van der Waals surface area contributed by atoms with Crippen molar-refractivity contribution < 1.29 is 9.53 Å². The Balaban J connectivity index is 1.82. The van der Waals surface area contributed by atoms with Crippen molar-refractivity contribution in [2.24, 2.45) is 11.7 Å². The van der Waals surface area contributed by atoms with E-state index in [0.717, 1.165) is 38.3 Å². The lowest BCUT2D eigenvalue weighted by Crippen LogP contribution is -2.44. The SMILES string of the molecule is CCOCC1CCN(C(=O)[C@@H](N)Cc2ccccc2)C1. The first kappa shape index (κ1) is 15.0. The molecule has 1 amide bonds. The topological polar surface area (TPSA) is 55.6 Å². The summed E-state index contributed by atoms with van der Waals surface area (Å²) in [5, 5.41) is 0. The summed E-state index contributed by atoms with van der Waals surface area (Å²) in [5.41, 5.74) is 7.16. The van der Waals surface area contributed by atoms with Gasteiger partial charge in [-0.05, 0) is 25.3 Å². The predicted molar refractivity (Wildman–Crippen MR) is 79.3 cm³/mol. The second-order valence-corrected chi connectivity index (χ2v) is 5.39. The van der Waals surface area contributed by atoms with E-state index in [4.69, 9.17) is 10.5 Å². The van der Waals surface area contributed by atoms with Crippen molar-refractivity contribution in [3.8, 4) is 0 Å². The van der Waals surface area contributed by atoms with Gasteiger partial charge < -0.3 is 15.4 Å². The molecule has 110 valence electrons. The molecule has 2 atom stereocenters. The number of hydrogen-bond donors (Lipinski definition) is 1. The number of carbonyl (C=O) groups excluding carboxylic acids is 1. The number of rotatable bonds is 6. The number of ether oxygens (including phenoxy) is 1. The molecular formula is C16H24N2O2. The fourth-order valence-electron chi connectivity index (χ4n) is 2.64. The molecule has 1 aliphatic rings. The lowest BCUT2D eigenvalue weighted by atomic mass is 10.1. The van der Waals surface area contributed by atoms with E-state index in [2.05, 4.69) is 0 Å². The molecule has 20 heavy (non-hydrogen) atoms. The molecule has 1 fully saturated rings. The fraction of sp³-hybridized carbons (Fsp3) is 0.562.